The summed E-state index contributed by atoms with van der Waals surface area (Å²) in [6.07, 6.45) is -0.262. The quantitative estimate of drug-likeness (QED) is 0.667. The van der Waals surface area contributed by atoms with E-state index in [2.05, 4.69) is 37.1 Å². The molecule has 6 nitrogen and oxygen atoms in total. The van der Waals surface area contributed by atoms with Crippen molar-refractivity contribution in [1.82, 2.24) is 10.2 Å². The number of benzene rings is 2. The van der Waals surface area contributed by atoms with Crippen LogP contribution < -0.4 is 15.2 Å². The molecular weight excluding hydrogens is 396 g/mol. The number of ketones is 1. The summed E-state index contributed by atoms with van der Waals surface area (Å²) in [5.74, 6) is 0.597. The summed E-state index contributed by atoms with van der Waals surface area (Å²) >= 11 is 0. The number of carbonyl (C=O) groups is 2. The molecule has 160 valence electrons. The highest BCUT2D eigenvalue weighted by molar-refractivity contribution is 6.88. The zero-order valence-electron chi connectivity index (χ0n) is 18.0. The SMILES string of the molecule is COc1ccc(C(NC(=O)N2CC(O)C2)C(=O)Cc2ccc([Si](C)(C)C)cc2)cc1. The first-order valence-electron chi connectivity index (χ1n) is 10.2. The van der Waals surface area contributed by atoms with Crippen molar-refractivity contribution in [2.45, 2.75) is 38.2 Å². The predicted octanol–water partition coefficient (Wildman–Crippen LogP) is 2.48. The van der Waals surface area contributed by atoms with Crippen molar-refractivity contribution >= 4 is 25.1 Å². The Balaban J connectivity index is 1.77. The molecule has 7 heteroatoms. The highest BCUT2D eigenvalue weighted by Crippen LogP contribution is 2.21. The number of hydrogen-bond acceptors (Lipinski definition) is 4. The Morgan fingerprint density at radius 2 is 1.70 bits per heavy atom. The topological polar surface area (TPSA) is 78.9 Å². The maximum Gasteiger partial charge on any atom is 0.318 e. The Kier molecular flexibility index (Phi) is 6.63. The summed E-state index contributed by atoms with van der Waals surface area (Å²) < 4.78 is 5.20. The first-order chi connectivity index (χ1) is 14.2. The number of amides is 2. The minimum atomic E-state index is -1.40. The maximum atomic E-state index is 13.2. The van der Waals surface area contributed by atoms with Crippen molar-refractivity contribution in [1.29, 1.82) is 0 Å². The molecule has 2 N–H and O–H groups in total. The van der Waals surface area contributed by atoms with Crippen LogP contribution in [-0.2, 0) is 11.2 Å². The molecule has 2 amide bonds. The number of rotatable bonds is 7. The molecule has 0 spiro atoms. The summed E-state index contributed by atoms with van der Waals surface area (Å²) in [6, 6.07) is 14.3. The Hall–Kier alpha value is -2.64. The van der Waals surface area contributed by atoms with Gasteiger partial charge in [-0.25, -0.2) is 4.79 Å². The van der Waals surface area contributed by atoms with Crippen molar-refractivity contribution in [3.05, 3.63) is 59.7 Å². The van der Waals surface area contributed by atoms with Gasteiger partial charge in [0, 0.05) is 6.42 Å². The fraction of sp³-hybridized carbons (Fsp3) is 0.391. The van der Waals surface area contributed by atoms with E-state index in [9.17, 15) is 14.7 Å². The van der Waals surface area contributed by atoms with Crippen molar-refractivity contribution < 1.29 is 19.4 Å². The fourth-order valence-corrected chi connectivity index (χ4v) is 4.57. The fourth-order valence-electron chi connectivity index (χ4n) is 3.41. The van der Waals surface area contributed by atoms with Crippen molar-refractivity contribution in [3.8, 4) is 5.75 Å². The Morgan fingerprint density at radius 1 is 1.10 bits per heavy atom. The van der Waals surface area contributed by atoms with Gasteiger partial charge in [0.05, 0.1) is 34.4 Å². The lowest BCUT2D eigenvalue weighted by Crippen LogP contribution is -2.57. The van der Waals surface area contributed by atoms with E-state index in [4.69, 9.17) is 4.74 Å². The lowest BCUT2D eigenvalue weighted by Gasteiger charge is -2.36. The molecule has 0 aliphatic carbocycles. The molecule has 1 aliphatic heterocycles. The molecule has 1 heterocycles. The van der Waals surface area contributed by atoms with E-state index in [0.717, 1.165) is 5.56 Å². The molecule has 2 aromatic carbocycles. The number of aliphatic hydroxyl groups is 1. The minimum Gasteiger partial charge on any atom is -0.497 e. The highest BCUT2D eigenvalue weighted by atomic mass is 28.3. The molecule has 3 rings (SSSR count). The van der Waals surface area contributed by atoms with E-state index in [1.54, 1.807) is 31.4 Å². The first kappa shape index (κ1) is 22.1. The molecule has 30 heavy (non-hydrogen) atoms. The largest absolute Gasteiger partial charge is 0.497 e. The maximum absolute atomic E-state index is 13.2. The van der Waals surface area contributed by atoms with Gasteiger partial charge in [-0.05, 0) is 23.3 Å². The van der Waals surface area contributed by atoms with Crippen LogP contribution in [0.25, 0.3) is 0 Å². The molecule has 0 saturated carbocycles. The van der Waals surface area contributed by atoms with Crippen LogP contribution in [0.2, 0.25) is 19.6 Å². The summed E-state index contributed by atoms with van der Waals surface area (Å²) in [6.45, 7) is 7.43. The summed E-state index contributed by atoms with van der Waals surface area (Å²) in [5, 5.41) is 13.6. The third kappa shape index (κ3) is 5.28. The molecular formula is C23H30N2O4Si. The van der Waals surface area contributed by atoms with Gasteiger partial charge in [0.25, 0.3) is 0 Å². The molecule has 0 bridgehead atoms. The van der Waals surface area contributed by atoms with E-state index < -0.39 is 20.2 Å². The number of nitrogens with one attached hydrogen (secondary N) is 1. The van der Waals surface area contributed by atoms with Crippen molar-refractivity contribution in [2.75, 3.05) is 20.2 Å². The van der Waals surface area contributed by atoms with Crippen LogP contribution in [0.4, 0.5) is 4.79 Å². The third-order valence-electron chi connectivity index (χ3n) is 5.39. The Bertz CT molecular complexity index is 885. The normalized spacial score (nSPS) is 15.3. The van der Waals surface area contributed by atoms with Gasteiger partial charge >= 0.3 is 6.03 Å². The van der Waals surface area contributed by atoms with Gasteiger partial charge in [-0.1, -0.05) is 61.2 Å². The lowest BCUT2D eigenvalue weighted by atomic mass is 9.97. The van der Waals surface area contributed by atoms with E-state index in [-0.39, 0.29) is 31.3 Å². The lowest BCUT2D eigenvalue weighted by molar-refractivity contribution is -0.120. The zero-order chi connectivity index (χ0) is 21.9. The smallest absolute Gasteiger partial charge is 0.318 e. The number of likely N-dealkylation sites (tertiary alicyclic amines) is 1. The molecule has 1 saturated heterocycles. The highest BCUT2D eigenvalue weighted by Gasteiger charge is 2.32. The van der Waals surface area contributed by atoms with Crippen LogP contribution in [0.3, 0.4) is 0 Å². The van der Waals surface area contributed by atoms with Crippen LogP contribution in [0.1, 0.15) is 17.2 Å². The number of nitrogens with zero attached hydrogens (tertiary/aromatic N) is 1. The molecule has 0 radical (unpaired) electrons. The van der Waals surface area contributed by atoms with Crippen molar-refractivity contribution in [3.63, 3.8) is 0 Å². The number of carbonyl (C=O) groups excluding carboxylic acids is 2. The van der Waals surface area contributed by atoms with Crippen LogP contribution >= 0.6 is 0 Å². The van der Waals surface area contributed by atoms with E-state index in [0.29, 0.717) is 11.3 Å². The van der Waals surface area contributed by atoms with E-state index >= 15 is 0 Å². The summed E-state index contributed by atoms with van der Waals surface area (Å²) in [7, 11) is 0.185. The van der Waals surface area contributed by atoms with Crippen LogP contribution in [0.15, 0.2) is 48.5 Å². The van der Waals surface area contributed by atoms with Crippen molar-refractivity contribution in [2.24, 2.45) is 0 Å². The Morgan fingerprint density at radius 3 is 2.20 bits per heavy atom. The van der Waals surface area contributed by atoms with Gasteiger partial charge in [-0.2, -0.15) is 0 Å². The van der Waals surface area contributed by atoms with Gasteiger partial charge in [-0.15, -0.1) is 0 Å². The second-order valence-electron chi connectivity index (χ2n) is 8.80. The number of β-amino-alcohol motifs (C(OH)–C–C–N with tert-alkyl or cyclic N) is 1. The number of Topliss-reactive ketones (excluding diaryl/α,β-unsaturated/α-hetero) is 1. The van der Waals surface area contributed by atoms with Gasteiger partial charge in [0.2, 0.25) is 0 Å². The Labute approximate surface area is 178 Å². The van der Waals surface area contributed by atoms with Gasteiger partial charge in [0.1, 0.15) is 11.8 Å². The summed E-state index contributed by atoms with van der Waals surface area (Å²) in [5.41, 5.74) is 1.63. The third-order valence-corrected chi connectivity index (χ3v) is 7.45. The van der Waals surface area contributed by atoms with Gasteiger partial charge in [0.15, 0.2) is 5.78 Å². The van der Waals surface area contributed by atoms with Crippen LogP contribution in [0.5, 0.6) is 5.75 Å². The van der Waals surface area contributed by atoms with Gasteiger partial charge < -0.3 is 20.1 Å². The molecule has 1 atom stereocenters. The number of urea groups is 1. The standard InChI is InChI=1S/C23H30N2O4Si/c1-29-19-9-7-17(8-10-19)22(24-23(28)25-14-18(26)15-25)21(27)13-16-5-11-20(12-6-16)30(2,3)4/h5-12,18,22,26H,13-15H2,1-4H3,(H,24,28). The molecule has 1 fully saturated rings. The zero-order valence-corrected chi connectivity index (χ0v) is 19.0. The second kappa shape index (κ2) is 9.02. The van der Waals surface area contributed by atoms with E-state index in [1.165, 1.54) is 10.1 Å². The molecule has 1 aliphatic rings. The average molecular weight is 427 g/mol. The average Bonchev–Trinajstić information content (AvgIpc) is 2.69. The summed E-state index contributed by atoms with van der Waals surface area (Å²) in [4.78, 5) is 27.2. The number of hydrogen-bond donors (Lipinski definition) is 2. The molecule has 2 aromatic rings. The molecule has 0 aromatic heterocycles. The van der Waals surface area contributed by atoms with Crippen LogP contribution in [-0.4, -0.2) is 56.2 Å². The van der Waals surface area contributed by atoms with E-state index in [1.807, 2.05) is 12.1 Å². The minimum absolute atomic E-state index is 0.0876. The number of methoxy groups -OCH3 is 1. The molecule has 1 unspecified atom stereocenters. The number of ether oxygens (including phenoxy) is 1. The first-order valence-corrected chi connectivity index (χ1v) is 13.7. The van der Waals surface area contributed by atoms with Crippen LogP contribution in [0, 0.1) is 0 Å². The monoisotopic (exact) mass is 426 g/mol. The predicted molar refractivity (Wildman–Crippen MR) is 120 cm³/mol. The van der Waals surface area contributed by atoms with Gasteiger partial charge in [-0.3, -0.25) is 4.79 Å². The number of aliphatic hydroxyl groups excluding tert-OH is 1. The second-order valence-corrected chi connectivity index (χ2v) is 13.9.